The fourth-order valence-corrected chi connectivity index (χ4v) is 0.354. The first-order valence-corrected chi connectivity index (χ1v) is 2.48. The number of aliphatic carboxylic acids is 1. The summed E-state index contributed by atoms with van der Waals surface area (Å²) in [5.74, 6) is 2.44. The molecule has 0 aromatic rings. The smallest absolute Gasteiger partial charge is 0.306 e. The van der Waals surface area contributed by atoms with Crippen molar-refractivity contribution < 1.29 is 25.3 Å². The van der Waals surface area contributed by atoms with Gasteiger partial charge in [-0.05, 0) is 0 Å². The van der Waals surface area contributed by atoms with Gasteiger partial charge < -0.3 is 15.7 Å². The van der Waals surface area contributed by atoms with Crippen LogP contribution in [-0.2, 0) is 9.59 Å². The molecule has 1 atom stereocenters. The van der Waals surface area contributed by atoms with E-state index in [0.29, 0.717) is 0 Å². The minimum absolute atomic E-state index is 0. The van der Waals surface area contributed by atoms with E-state index in [9.17, 15) is 9.59 Å². The van der Waals surface area contributed by atoms with Crippen molar-refractivity contribution in [3.8, 4) is 0 Å². The second-order valence-corrected chi connectivity index (χ2v) is 1.62. The molecule has 0 aliphatic carbocycles. The third-order valence-electron chi connectivity index (χ3n) is 0.813. The molecule has 0 fully saturated rings. The molecule has 0 heterocycles. The number of carbonyl (C=O) groups excluding carboxylic acids is 1. The molecule has 0 rings (SSSR count). The van der Waals surface area contributed by atoms with Crippen LogP contribution in [0.15, 0.2) is 0 Å². The van der Waals surface area contributed by atoms with Gasteiger partial charge in [0.1, 0.15) is 6.10 Å². The highest BCUT2D eigenvalue weighted by atomic mass is 16.4. The number of amides is 1. The van der Waals surface area contributed by atoms with Crippen molar-refractivity contribution in [3.63, 3.8) is 0 Å². The first-order valence-electron chi connectivity index (χ1n) is 2.48. The van der Waals surface area contributed by atoms with Crippen molar-refractivity contribution in [2.24, 2.45) is 5.84 Å². The Bertz CT molecular complexity index is 147. The van der Waals surface area contributed by atoms with Gasteiger partial charge in [-0.15, -0.1) is 0 Å². The van der Waals surface area contributed by atoms with Crippen LogP contribution in [-0.4, -0.2) is 33.7 Å². The number of nitrogens with one attached hydrogen (secondary N) is 1. The Balaban J connectivity index is 0. The standard InChI is InChI=1S/C4H8N2O4.H2O/c5-6-4(10)2(7)1-3(8)9;/h2,7H,1,5H2,(H,6,10)(H,8,9);1H2. The number of hydrogen-bond acceptors (Lipinski definition) is 4. The molecule has 0 bridgehead atoms. The molecule has 0 aliphatic heterocycles. The molecule has 7 heteroatoms. The summed E-state index contributed by atoms with van der Waals surface area (Å²) in [6.07, 6.45) is -2.20. The molecule has 66 valence electrons. The zero-order chi connectivity index (χ0) is 8.15. The third-order valence-corrected chi connectivity index (χ3v) is 0.813. The minimum Gasteiger partial charge on any atom is -0.481 e. The van der Waals surface area contributed by atoms with E-state index in [2.05, 4.69) is 5.84 Å². The maximum Gasteiger partial charge on any atom is 0.306 e. The number of carbonyl (C=O) groups is 2. The van der Waals surface area contributed by atoms with Gasteiger partial charge in [0.05, 0.1) is 6.42 Å². The highest BCUT2D eigenvalue weighted by Crippen LogP contribution is 1.89. The molecule has 7 N–H and O–H groups in total. The first-order chi connectivity index (χ1) is 4.57. The lowest BCUT2D eigenvalue weighted by molar-refractivity contribution is -0.143. The van der Waals surface area contributed by atoms with Gasteiger partial charge in [0, 0.05) is 0 Å². The van der Waals surface area contributed by atoms with Crippen LogP contribution < -0.4 is 11.3 Å². The average Bonchev–Trinajstić information content (AvgIpc) is 1.85. The van der Waals surface area contributed by atoms with Crippen molar-refractivity contribution in [3.05, 3.63) is 0 Å². The van der Waals surface area contributed by atoms with Gasteiger partial charge in [-0.2, -0.15) is 0 Å². The third kappa shape index (κ3) is 5.27. The molecule has 0 saturated heterocycles. The molecular weight excluding hydrogens is 156 g/mol. The van der Waals surface area contributed by atoms with E-state index < -0.39 is 24.4 Å². The molecule has 0 radical (unpaired) electrons. The summed E-state index contributed by atoms with van der Waals surface area (Å²) in [6, 6.07) is 0. The van der Waals surface area contributed by atoms with E-state index in [4.69, 9.17) is 10.2 Å². The molecule has 0 spiro atoms. The van der Waals surface area contributed by atoms with E-state index in [1.54, 1.807) is 5.43 Å². The first kappa shape index (κ1) is 12.5. The van der Waals surface area contributed by atoms with Gasteiger partial charge in [-0.1, -0.05) is 0 Å². The molecule has 0 aromatic heterocycles. The lowest BCUT2D eigenvalue weighted by Gasteiger charge is -2.03. The second-order valence-electron chi connectivity index (χ2n) is 1.62. The van der Waals surface area contributed by atoms with E-state index in [0.717, 1.165) is 0 Å². The van der Waals surface area contributed by atoms with Crippen LogP contribution in [0, 0.1) is 0 Å². The molecular formula is C4H10N2O5. The van der Waals surface area contributed by atoms with Gasteiger partial charge in [-0.3, -0.25) is 15.0 Å². The number of carboxylic acids is 1. The fraction of sp³-hybridized carbons (Fsp3) is 0.500. The summed E-state index contributed by atoms with van der Waals surface area (Å²) in [4.78, 5) is 20.1. The Morgan fingerprint density at radius 1 is 1.55 bits per heavy atom. The summed E-state index contributed by atoms with van der Waals surface area (Å²) in [5.41, 5.74) is 1.62. The van der Waals surface area contributed by atoms with E-state index in [-0.39, 0.29) is 5.48 Å². The molecule has 7 nitrogen and oxygen atoms in total. The van der Waals surface area contributed by atoms with Crippen LogP contribution in [0.5, 0.6) is 0 Å². The van der Waals surface area contributed by atoms with Crippen LogP contribution in [0.2, 0.25) is 0 Å². The summed E-state index contributed by atoms with van der Waals surface area (Å²) >= 11 is 0. The lowest BCUT2D eigenvalue weighted by atomic mass is 10.2. The van der Waals surface area contributed by atoms with Crippen LogP contribution >= 0.6 is 0 Å². The lowest BCUT2D eigenvalue weighted by Crippen LogP contribution is -2.40. The maximum absolute atomic E-state index is 10.3. The highest BCUT2D eigenvalue weighted by molar-refractivity contribution is 5.84. The number of nitrogens with two attached hydrogens (primary N) is 1. The van der Waals surface area contributed by atoms with Crippen LogP contribution in [0.1, 0.15) is 6.42 Å². The molecule has 0 saturated carbocycles. The normalized spacial score (nSPS) is 11.1. The van der Waals surface area contributed by atoms with Gasteiger partial charge in [0.2, 0.25) is 0 Å². The topological polar surface area (TPSA) is 144 Å². The highest BCUT2D eigenvalue weighted by Gasteiger charge is 2.16. The van der Waals surface area contributed by atoms with Crippen molar-refractivity contribution in [2.75, 3.05) is 0 Å². The van der Waals surface area contributed by atoms with Gasteiger partial charge >= 0.3 is 5.97 Å². The number of hydrazine groups is 1. The number of rotatable bonds is 3. The van der Waals surface area contributed by atoms with Crippen molar-refractivity contribution in [2.45, 2.75) is 12.5 Å². The summed E-state index contributed by atoms with van der Waals surface area (Å²) < 4.78 is 0. The van der Waals surface area contributed by atoms with Gasteiger partial charge in [0.25, 0.3) is 5.91 Å². The van der Waals surface area contributed by atoms with Crippen LogP contribution in [0.25, 0.3) is 0 Å². The molecule has 1 amide bonds. The Kier molecular flexibility index (Phi) is 6.35. The van der Waals surface area contributed by atoms with Gasteiger partial charge in [0.15, 0.2) is 0 Å². The zero-order valence-electron chi connectivity index (χ0n) is 5.57. The molecule has 1 unspecified atom stereocenters. The average molecular weight is 166 g/mol. The largest absolute Gasteiger partial charge is 0.481 e. The molecule has 0 aromatic carbocycles. The van der Waals surface area contributed by atoms with E-state index >= 15 is 0 Å². The quantitative estimate of drug-likeness (QED) is 0.200. The molecule has 0 aliphatic rings. The van der Waals surface area contributed by atoms with Crippen LogP contribution in [0.3, 0.4) is 0 Å². The Labute approximate surface area is 62.1 Å². The van der Waals surface area contributed by atoms with Crippen LogP contribution in [0.4, 0.5) is 0 Å². The predicted molar refractivity (Wildman–Crippen MR) is 34.2 cm³/mol. The SMILES string of the molecule is NNC(=O)C(O)CC(=O)O.O. The predicted octanol–water partition coefficient (Wildman–Crippen LogP) is -3.01. The summed E-state index contributed by atoms with van der Waals surface area (Å²) in [6.45, 7) is 0. The van der Waals surface area contributed by atoms with Crippen molar-refractivity contribution >= 4 is 11.9 Å². The Morgan fingerprint density at radius 2 is 2.00 bits per heavy atom. The number of aliphatic hydroxyl groups excluding tert-OH is 1. The zero-order valence-corrected chi connectivity index (χ0v) is 5.57. The Morgan fingerprint density at radius 3 is 2.27 bits per heavy atom. The minimum atomic E-state index is -1.57. The van der Waals surface area contributed by atoms with Crippen molar-refractivity contribution in [1.29, 1.82) is 0 Å². The summed E-state index contributed by atoms with van der Waals surface area (Å²) in [7, 11) is 0. The monoisotopic (exact) mass is 166 g/mol. The maximum atomic E-state index is 10.3. The van der Waals surface area contributed by atoms with E-state index in [1.165, 1.54) is 0 Å². The van der Waals surface area contributed by atoms with Gasteiger partial charge in [-0.25, -0.2) is 5.84 Å². The Hall–Kier alpha value is -1.18. The number of aliphatic hydroxyl groups is 1. The second kappa shape index (κ2) is 5.59. The molecule has 11 heavy (non-hydrogen) atoms. The number of carboxylic acid groups (broad SMARTS) is 1. The summed E-state index contributed by atoms with van der Waals surface area (Å²) in [5, 5.41) is 16.7. The fourth-order valence-electron chi connectivity index (χ4n) is 0.354. The number of hydrogen-bond donors (Lipinski definition) is 4. The van der Waals surface area contributed by atoms with E-state index in [1.807, 2.05) is 0 Å². The van der Waals surface area contributed by atoms with Crippen molar-refractivity contribution in [1.82, 2.24) is 5.43 Å².